The molecule has 0 unspecified atom stereocenters. The first-order valence-electron chi connectivity index (χ1n) is 9.31. The maximum absolute atomic E-state index is 5.45. The number of nitrogens with zero attached hydrogens (tertiary/aromatic N) is 2. The summed E-state index contributed by atoms with van der Waals surface area (Å²) < 4.78 is 5.45. The van der Waals surface area contributed by atoms with Gasteiger partial charge >= 0.3 is 0 Å². The molecule has 0 saturated heterocycles. The molecule has 0 radical (unpaired) electrons. The van der Waals surface area contributed by atoms with Crippen molar-refractivity contribution in [3.8, 4) is 0 Å². The molecule has 0 amide bonds. The molecule has 0 heterocycles. The van der Waals surface area contributed by atoms with Crippen LogP contribution in [-0.2, 0) is 17.8 Å². The van der Waals surface area contributed by atoms with Crippen molar-refractivity contribution in [2.24, 2.45) is 4.99 Å². The summed E-state index contributed by atoms with van der Waals surface area (Å²) in [5.41, 5.74) is 2.35. The standard InChI is InChI=1S/C20H36N4O.HI/c1-7-21-19(23-16-20(4,5)25-6)22-14-17-11-10-12-18(13-17)15-24(8-2)9-3;/h10-13H,7-9,14-16H2,1-6H3,(H2,21,22,23);1H. The Hall–Kier alpha value is -0.860. The van der Waals surface area contributed by atoms with Gasteiger partial charge in [-0.3, -0.25) is 4.90 Å². The molecule has 150 valence electrons. The predicted molar refractivity (Wildman–Crippen MR) is 122 cm³/mol. The molecule has 0 bridgehead atoms. The molecule has 2 N–H and O–H groups in total. The Morgan fingerprint density at radius 2 is 1.77 bits per heavy atom. The highest BCUT2D eigenvalue weighted by Gasteiger charge is 2.16. The van der Waals surface area contributed by atoms with Crippen LogP contribution in [0.4, 0.5) is 0 Å². The Labute approximate surface area is 177 Å². The number of halogens is 1. The molecule has 26 heavy (non-hydrogen) atoms. The molecule has 1 aromatic carbocycles. The van der Waals surface area contributed by atoms with Crippen LogP contribution in [0.3, 0.4) is 0 Å². The molecule has 0 spiro atoms. The van der Waals surface area contributed by atoms with E-state index in [1.54, 1.807) is 7.11 Å². The van der Waals surface area contributed by atoms with Crippen molar-refractivity contribution in [1.82, 2.24) is 15.5 Å². The number of nitrogens with one attached hydrogen (secondary N) is 2. The van der Waals surface area contributed by atoms with E-state index in [0.29, 0.717) is 13.1 Å². The number of guanidine groups is 1. The molecular weight excluding hydrogens is 439 g/mol. The summed E-state index contributed by atoms with van der Waals surface area (Å²) >= 11 is 0. The minimum atomic E-state index is -0.222. The monoisotopic (exact) mass is 476 g/mol. The molecule has 6 heteroatoms. The molecule has 0 atom stereocenters. The van der Waals surface area contributed by atoms with Crippen molar-refractivity contribution >= 4 is 29.9 Å². The van der Waals surface area contributed by atoms with Crippen molar-refractivity contribution in [2.75, 3.05) is 33.3 Å². The summed E-state index contributed by atoms with van der Waals surface area (Å²) in [6.07, 6.45) is 0. The molecular formula is C20H37IN4O. The normalized spacial score (nSPS) is 12.0. The van der Waals surface area contributed by atoms with E-state index >= 15 is 0 Å². The second-order valence-corrected chi connectivity index (χ2v) is 6.79. The first kappa shape index (κ1) is 25.1. The lowest BCUT2D eigenvalue weighted by Crippen LogP contribution is -2.45. The second-order valence-electron chi connectivity index (χ2n) is 6.79. The number of rotatable bonds is 10. The molecule has 5 nitrogen and oxygen atoms in total. The number of methoxy groups -OCH3 is 1. The Balaban J connectivity index is 0.00000625. The zero-order chi connectivity index (χ0) is 18.7. The van der Waals surface area contributed by atoms with Crippen molar-refractivity contribution in [3.05, 3.63) is 35.4 Å². The topological polar surface area (TPSA) is 48.9 Å². The maximum atomic E-state index is 5.45. The highest BCUT2D eigenvalue weighted by Crippen LogP contribution is 2.10. The Morgan fingerprint density at radius 3 is 2.35 bits per heavy atom. The lowest BCUT2D eigenvalue weighted by atomic mass is 10.1. The Bertz CT molecular complexity index is 530. The zero-order valence-corrected chi connectivity index (χ0v) is 19.6. The van der Waals surface area contributed by atoms with Crippen LogP contribution in [-0.4, -0.2) is 49.7 Å². The molecule has 0 aromatic heterocycles. The first-order valence-corrected chi connectivity index (χ1v) is 9.31. The Morgan fingerprint density at radius 1 is 1.12 bits per heavy atom. The van der Waals surface area contributed by atoms with E-state index in [9.17, 15) is 0 Å². The van der Waals surface area contributed by atoms with Gasteiger partial charge in [-0.25, -0.2) is 4.99 Å². The number of hydrogen-bond acceptors (Lipinski definition) is 3. The average molecular weight is 476 g/mol. The number of ether oxygens (including phenoxy) is 1. The summed E-state index contributed by atoms with van der Waals surface area (Å²) in [6, 6.07) is 8.70. The minimum absolute atomic E-state index is 0. The SMILES string of the molecule is CCNC(=NCc1cccc(CN(CC)CC)c1)NCC(C)(C)OC.I. The van der Waals surface area contributed by atoms with Crippen LogP contribution in [0.25, 0.3) is 0 Å². The fourth-order valence-corrected chi connectivity index (χ4v) is 2.41. The summed E-state index contributed by atoms with van der Waals surface area (Å²) in [5, 5.41) is 6.64. The van der Waals surface area contributed by atoms with E-state index in [2.05, 4.69) is 74.4 Å². The van der Waals surface area contributed by atoms with Gasteiger partial charge in [-0.1, -0.05) is 38.1 Å². The molecule has 1 rings (SSSR count). The third-order valence-electron chi connectivity index (χ3n) is 4.29. The van der Waals surface area contributed by atoms with Crippen molar-refractivity contribution < 1.29 is 4.74 Å². The van der Waals surface area contributed by atoms with Gasteiger partial charge in [0.2, 0.25) is 0 Å². The highest BCUT2D eigenvalue weighted by molar-refractivity contribution is 14.0. The smallest absolute Gasteiger partial charge is 0.191 e. The maximum Gasteiger partial charge on any atom is 0.191 e. The van der Waals surface area contributed by atoms with Crippen LogP contribution in [0.15, 0.2) is 29.3 Å². The molecule has 0 fully saturated rings. The fraction of sp³-hybridized carbons (Fsp3) is 0.650. The fourth-order valence-electron chi connectivity index (χ4n) is 2.41. The summed E-state index contributed by atoms with van der Waals surface area (Å²) in [7, 11) is 1.73. The molecule has 0 aliphatic rings. The average Bonchev–Trinajstić information content (AvgIpc) is 2.62. The van der Waals surface area contributed by atoms with E-state index in [1.807, 2.05) is 0 Å². The number of hydrogen-bond donors (Lipinski definition) is 2. The number of aliphatic imine (C=N–C) groups is 1. The largest absolute Gasteiger partial charge is 0.377 e. The van der Waals surface area contributed by atoms with Gasteiger partial charge in [0.05, 0.1) is 12.1 Å². The lowest BCUT2D eigenvalue weighted by Gasteiger charge is -2.24. The number of benzene rings is 1. The Kier molecular flexibility index (Phi) is 12.9. The first-order chi connectivity index (χ1) is 11.9. The van der Waals surface area contributed by atoms with E-state index in [-0.39, 0.29) is 29.6 Å². The van der Waals surface area contributed by atoms with Gasteiger partial charge in [0, 0.05) is 26.7 Å². The minimum Gasteiger partial charge on any atom is -0.377 e. The quantitative estimate of drug-likeness (QED) is 0.308. The summed E-state index contributed by atoms with van der Waals surface area (Å²) in [5.74, 6) is 0.821. The van der Waals surface area contributed by atoms with Gasteiger partial charge in [0.25, 0.3) is 0 Å². The van der Waals surface area contributed by atoms with Gasteiger partial charge in [-0.2, -0.15) is 0 Å². The lowest BCUT2D eigenvalue weighted by molar-refractivity contribution is 0.0268. The summed E-state index contributed by atoms with van der Waals surface area (Å²) in [6.45, 7) is 15.9. The molecule has 1 aromatic rings. The van der Waals surface area contributed by atoms with E-state index in [4.69, 9.17) is 9.73 Å². The third kappa shape index (κ3) is 9.73. The van der Waals surface area contributed by atoms with E-state index in [1.165, 1.54) is 11.1 Å². The van der Waals surface area contributed by atoms with Gasteiger partial charge in [-0.15, -0.1) is 24.0 Å². The molecule has 0 saturated carbocycles. The zero-order valence-electron chi connectivity index (χ0n) is 17.3. The van der Waals surface area contributed by atoms with Crippen LogP contribution in [0.2, 0.25) is 0 Å². The molecule has 0 aliphatic carbocycles. The van der Waals surface area contributed by atoms with Gasteiger partial charge in [0.1, 0.15) is 0 Å². The third-order valence-corrected chi connectivity index (χ3v) is 4.29. The van der Waals surface area contributed by atoms with Crippen molar-refractivity contribution in [1.29, 1.82) is 0 Å². The summed E-state index contributed by atoms with van der Waals surface area (Å²) in [4.78, 5) is 7.12. The van der Waals surface area contributed by atoms with Gasteiger partial charge in [-0.05, 0) is 45.0 Å². The van der Waals surface area contributed by atoms with Crippen LogP contribution in [0.5, 0.6) is 0 Å². The van der Waals surface area contributed by atoms with Crippen LogP contribution >= 0.6 is 24.0 Å². The van der Waals surface area contributed by atoms with Crippen molar-refractivity contribution in [3.63, 3.8) is 0 Å². The van der Waals surface area contributed by atoms with Crippen molar-refractivity contribution in [2.45, 2.75) is 53.3 Å². The van der Waals surface area contributed by atoms with Crippen LogP contribution in [0.1, 0.15) is 45.7 Å². The van der Waals surface area contributed by atoms with Gasteiger partial charge in [0.15, 0.2) is 5.96 Å². The van der Waals surface area contributed by atoms with Crippen LogP contribution in [0, 0.1) is 0 Å². The molecule has 0 aliphatic heterocycles. The second kappa shape index (κ2) is 13.3. The van der Waals surface area contributed by atoms with Crippen LogP contribution < -0.4 is 10.6 Å². The highest BCUT2D eigenvalue weighted by atomic mass is 127. The van der Waals surface area contributed by atoms with E-state index < -0.39 is 0 Å². The van der Waals surface area contributed by atoms with E-state index in [0.717, 1.165) is 32.1 Å². The predicted octanol–water partition coefficient (Wildman–Crippen LogP) is 3.63. The van der Waals surface area contributed by atoms with Gasteiger partial charge < -0.3 is 15.4 Å².